The largest absolute Gasteiger partial charge is 0.502 e. The minimum atomic E-state index is -0.807. The molecule has 0 aromatic carbocycles. The molecule has 1 rings (SSSR count). The van der Waals surface area contributed by atoms with Crippen LogP contribution in [0.25, 0.3) is 0 Å². The van der Waals surface area contributed by atoms with Crippen LogP contribution < -0.4 is 0 Å². The molecule has 1 amide bonds. The highest BCUT2D eigenvalue weighted by atomic mass is 16.5. The molecule has 0 saturated heterocycles. The fourth-order valence-corrected chi connectivity index (χ4v) is 0.719. The number of hydrogen-bond donors (Lipinski definition) is 1. The number of nitrogens with zero attached hydrogens (tertiary/aromatic N) is 1. The molecule has 1 aliphatic heterocycles. The lowest BCUT2D eigenvalue weighted by atomic mass is 10.3. The van der Waals surface area contributed by atoms with Crippen molar-refractivity contribution in [2.24, 2.45) is 4.99 Å². The summed E-state index contributed by atoms with van der Waals surface area (Å²) in [7, 11) is 0. The summed E-state index contributed by atoms with van der Waals surface area (Å²) < 4.78 is 4.54. The lowest BCUT2D eigenvalue weighted by Gasteiger charge is -1.98. The van der Waals surface area contributed by atoms with Crippen molar-refractivity contribution >= 4 is 18.1 Å². The first-order chi connectivity index (χ1) is 5.66. The van der Waals surface area contributed by atoms with Crippen LogP contribution in [0.2, 0.25) is 0 Å². The molecular weight excluding hydrogens is 162 g/mol. The molecule has 12 heavy (non-hydrogen) atoms. The molecule has 0 radical (unpaired) electrons. The van der Waals surface area contributed by atoms with E-state index < -0.39 is 17.6 Å². The Balaban J connectivity index is 2.83. The Hall–Kier alpha value is -1.65. The van der Waals surface area contributed by atoms with Gasteiger partial charge in [0.2, 0.25) is 0 Å². The Morgan fingerprint density at radius 2 is 2.42 bits per heavy atom. The van der Waals surface area contributed by atoms with Crippen molar-refractivity contribution in [2.45, 2.75) is 6.92 Å². The molecule has 0 bridgehead atoms. The summed E-state index contributed by atoms with van der Waals surface area (Å²) in [5, 5.41) is 8.96. The summed E-state index contributed by atoms with van der Waals surface area (Å²) in [4.78, 5) is 24.7. The van der Waals surface area contributed by atoms with Crippen LogP contribution in [0.5, 0.6) is 0 Å². The van der Waals surface area contributed by atoms with Crippen molar-refractivity contribution in [1.82, 2.24) is 0 Å². The number of carbonyl (C=O) groups excluding carboxylic acids is 2. The van der Waals surface area contributed by atoms with Gasteiger partial charge in [-0.25, -0.2) is 9.79 Å². The Bertz CT molecular complexity index is 290. The highest BCUT2D eigenvalue weighted by molar-refractivity contribution is 6.22. The third-order valence-corrected chi connectivity index (χ3v) is 1.26. The van der Waals surface area contributed by atoms with E-state index in [0.29, 0.717) is 0 Å². The maximum Gasteiger partial charge on any atom is 0.343 e. The Labute approximate surface area is 68.4 Å². The van der Waals surface area contributed by atoms with Gasteiger partial charge in [-0.05, 0) is 6.92 Å². The van der Waals surface area contributed by atoms with Gasteiger partial charge in [-0.1, -0.05) is 0 Å². The van der Waals surface area contributed by atoms with Crippen LogP contribution in [0.15, 0.2) is 16.3 Å². The number of aliphatic hydroxyl groups excluding tert-OH is 1. The number of amides is 1. The van der Waals surface area contributed by atoms with Crippen LogP contribution in [-0.4, -0.2) is 29.8 Å². The molecule has 0 atom stereocenters. The summed E-state index contributed by atoms with van der Waals surface area (Å²) in [6, 6.07) is 0. The topological polar surface area (TPSA) is 76.0 Å². The molecule has 5 nitrogen and oxygen atoms in total. The predicted molar refractivity (Wildman–Crippen MR) is 39.8 cm³/mol. The second kappa shape index (κ2) is 3.17. The lowest BCUT2D eigenvalue weighted by Crippen LogP contribution is -2.10. The van der Waals surface area contributed by atoms with E-state index >= 15 is 0 Å². The fourth-order valence-electron chi connectivity index (χ4n) is 0.719. The molecule has 1 heterocycles. The number of esters is 1. The molecule has 1 aliphatic rings. The monoisotopic (exact) mass is 169 g/mol. The van der Waals surface area contributed by atoms with Crippen molar-refractivity contribution in [3.8, 4) is 0 Å². The Morgan fingerprint density at radius 3 is 2.83 bits per heavy atom. The molecular formula is C7H7NO4. The van der Waals surface area contributed by atoms with Crippen LogP contribution >= 0.6 is 0 Å². The molecule has 1 N–H and O–H groups in total. The maximum atomic E-state index is 10.9. The summed E-state index contributed by atoms with van der Waals surface area (Å²) in [5.41, 5.74) is -0.179. The third kappa shape index (κ3) is 1.34. The second-order valence-corrected chi connectivity index (χ2v) is 2.05. The first-order valence-corrected chi connectivity index (χ1v) is 3.35. The maximum absolute atomic E-state index is 10.9. The third-order valence-electron chi connectivity index (χ3n) is 1.26. The van der Waals surface area contributed by atoms with Gasteiger partial charge >= 0.3 is 11.9 Å². The first kappa shape index (κ1) is 8.45. The highest BCUT2D eigenvalue weighted by Crippen LogP contribution is 2.09. The lowest BCUT2D eigenvalue weighted by molar-refractivity contribution is -0.138. The van der Waals surface area contributed by atoms with E-state index in [9.17, 15) is 9.59 Å². The number of aliphatic imine (C=N–C) groups is 1. The average molecular weight is 169 g/mol. The summed E-state index contributed by atoms with van der Waals surface area (Å²) in [6.45, 7) is 1.82. The van der Waals surface area contributed by atoms with Gasteiger partial charge in [0, 0.05) is 6.21 Å². The highest BCUT2D eigenvalue weighted by Gasteiger charge is 2.24. The first-order valence-electron chi connectivity index (χ1n) is 3.35. The molecule has 64 valence electrons. The minimum Gasteiger partial charge on any atom is -0.502 e. The van der Waals surface area contributed by atoms with Gasteiger partial charge < -0.3 is 9.84 Å². The van der Waals surface area contributed by atoms with Gasteiger partial charge in [0.1, 0.15) is 5.57 Å². The summed E-state index contributed by atoms with van der Waals surface area (Å²) >= 11 is 0. The number of ether oxygens (including phenoxy) is 1. The molecule has 5 heteroatoms. The normalized spacial score (nSPS) is 15.6. The van der Waals surface area contributed by atoms with Gasteiger partial charge in [0.05, 0.1) is 6.61 Å². The zero-order valence-electron chi connectivity index (χ0n) is 6.40. The summed E-state index contributed by atoms with van der Waals surface area (Å²) in [6.07, 6.45) is 0.996. The van der Waals surface area contributed by atoms with E-state index in [0.717, 1.165) is 6.21 Å². The van der Waals surface area contributed by atoms with E-state index in [-0.39, 0.29) is 12.2 Å². The number of aliphatic hydroxyl groups is 1. The predicted octanol–water partition coefficient (Wildman–Crippen LogP) is -0.0274. The zero-order valence-corrected chi connectivity index (χ0v) is 6.40. The quantitative estimate of drug-likeness (QED) is 0.589. The van der Waals surface area contributed by atoms with Crippen molar-refractivity contribution in [3.05, 3.63) is 11.3 Å². The Kier molecular flexibility index (Phi) is 2.23. The zero-order chi connectivity index (χ0) is 9.14. The van der Waals surface area contributed by atoms with Gasteiger partial charge in [-0.15, -0.1) is 0 Å². The fraction of sp³-hybridized carbons (Fsp3) is 0.286. The molecule has 0 aromatic heterocycles. The van der Waals surface area contributed by atoms with Crippen molar-refractivity contribution in [3.63, 3.8) is 0 Å². The van der Waals surface area contributed by atoms with Crippen LogP contribution in [0.1, 0.15) is 6.92 Å². The molecule has 0 spiro atoms. The minimum absolute atomic E-state index is 0.179. The van der Waals surface area contributed by atoms with Crippen LogP contribution in [0, 0.1) is 0 Å². The molecule has 0 fully saturated rings. The van der Waals surface area contributed by atoms with E-state index in [1.807, 2.05) is 0 Å². The van der Waals surface area contributed by atoms with Crippen molar-refractivity contribution in [1.29, 1.82) is 0 Å². The van der Waals surface area contributed by atoms with Gasteiger partial charge in [-0.3, -0.25) is 4.79 Å². The average Bonchev–Trinajstić information content (AvgIpc) is 2.34. The van der Waals surface area contributed by atoms with Crippen molar-refractivity contribution in [2.75, 3.05) is 6.61 Å². The van der Waals surface area contributed by atoms with Crippen molar-refractivity contribution < 1.29 is 19.4 Å². The van der Waals surface area contributed by atoms with Crippen LogP contribution in [0.4, 0.5) is 0 Å². The van der Waals surface area contributed by atoms with E-state index in [1.54, 1.807) is 6.92 Å². The van der Waals surface area contributed by atoms with Gasteiger partial charge in [-0.2, -0.15) is 0 Å². The van der Waals surface area contributed by atoms with E-state index in [1.165, 1.54) is 0 Å². The molecule has 0 aromatic rings. The molecule has 0 saturated carbocycles. The molecule has 0 unspecified atom stereocenters. The Morgan fingerprint density at radius 1 is 1.75 bits per heavy atom. The number of hydrogen-bond acceptors (Lipinski definition) is 4. The second-order valence-electron chi connectivity index (χ2n) is 2.05. The summed E-state index contributed by atoms with van der Waals surface area (Å²) in [5.74, 6) is -2.18. The van der Waals surface area contributed by atoms with E-state index in [4.69, 9.17) is 5.11 Å². The van der Waals surface area contributed by atoms with Crippen LogP contribution in [0.3, 0.4) is 0 Å². The number of carbonyl (C=O) groups is 2. The smallest absolute Gasteiger partial charge is 0.343 e. The van der Waals surface area contributed by atoms with Crippen LogP contribution in [-0.2, 0) is 14.3 Å². The van der Waals surface area contributed by atoms with Gasteiger partial charge in [0.15, 0.2) is 5.76 Å². The SMILES string of the molecule is CCOC(=O)C1=C(O)C(=O)N=C1. The standard InChI is InChI=1S/C7H7NO4/c1-2-12-7(11)4-3-8-6(10)5(4)9/h3H,2H2,1H3,(H,8,9,10). The number of rotatable bonds is 2. The van der Waals surface area contributed by atoms with Gasteiger partial charge in [0.25, 0.3) is 0 Å². The van der Waals surface area contributed by atoms with E-state index in [2.05, 4.69) is 9.73 Å². The molecule has 0 aliphatic carbocycles.